The fourth-order valence-corrected chi connectivity index (χ4v) is 2.95. The van der Waals surface area contributed by atoms with E-state index in [1.165, 1.54) is 0 Å². The molecule has 6 heteroatoms. The molecule has 0 saturated heterocycles. The maximum absolute atomic E-state index is 10.4. The molecule has 0 aliphatic rings. The third kappa shape index (κ3) is 3.30. The van der Waals surface area contributed by atoms with Gasteiger partial charge in [0.2, 0.25) is 0 Å². The summed E-state index contributed by atoms with van der Waals surface area (Å²) < 4.78 is 2.33. The topological polar surface area (TPSA) is 57.1 Å². The molecule has 5 nitrogen and oxygen atoms in total. The first-order valence-corrected chi connectivity index (χ1v) is 8.57. The van der Waals surface area contributed by atoms with Crippen molar-refractivity contribution in [2.75, 3.05) is 19.0 Å². The van der Waals surface area contributed by atoms with E-state index < -0.39 is 0 Å². The largest absolute Gasteiger partial charge is 0.507 e. The lowest BCUT2D eigenvalue weighted by atomic mass is 10.00. The van der Waals surface area contributed by atoms with Crippen LogP contribution in [0.4, 0.5) is 5.69 Å². The fraction of sp³-hybridized carbons (Fsp3) is 0.263. The second-order valence-corrected chi connectivity index (χ2v) is 6.92. The van der Waals surface area contributed by atoms with Crippen LogP contribution in [0.25, 0.3) is 17.1 Å². The molecule has 0 radical (unpaired) electrons. The molecule has 0 unspecified atom stereocenters. The first kappa shape index (κ1) is 17.2. The van der Waals surface area contributed by atoms with Crippen LogP contribution in [0.3, 0.4) is 0 Å². The summed E-state index contributed by atoms with van der Waals surface area (Å²) >= 11 is 5.42. The number of aromatic nitrogens is 3. The molecule has 2 aromatic carbocycles. The van der Waals surface area contributed by atoms with Crippen molar-refractivity contribution < 1.29 is 5.11 Å². The van der Waals surface area contributed by atoms with Gasteiger partial charge in [-0.25, -0.2) is 0 Å². The number of hydrogen-bond donors (Lipinski definition) is 2. The zero-order valence-electron chi connectivity index (χ0n) is 14.8. The van der Waals surface area contributed by atoms with Crippen LogP contribution in [-0.4, -0.2) is 34.0 Å². The quantitative estimate of drug-likeness (QED) is 0.678. The van der Waals surface area contributed by atoms with E-state index in [9.17, 15) is 5.11 Å². The van der Waals surface area contributed by atoms with Crippen molar-refractivity contribution in [1.82, 2.24) is 14.8 Å². The Bertz CT molecular complexity index is 939. The van der Waals surface area contributed by atoms with E-state index in [4.69, 9.17) is 12.2 Å². The van der Waals surface area contributed by atoms with Gasteiger partial charge in [0.1, 0.15) is 5.75 Å². The van der Waals surface area contributed by atoms with Gasteiger partial charge in [-0.2, -0.15) is 5.10 Å². The Labute approximate surface area is 152 Å². The summed E-state index contributed by atoms with van der Waals surface area (Å²) in [4.78, 5) is 2.04. The van der Waals surface area contributed by atoms with Crippen LogP contribution >= 0.6 is 12.2 Å². The van der Waals surface area contributed by atoms with E-state index in [1.54, 1.807) is 6.07 Å². The third-order valence-electron chi connectivity index (χ3n) is 4.22. The molecule has 130 valence electrons. The van der Waals surface area contributed by atoms with Gasteiger partial charge in [-0.3, -0.25) is 9.67 Å². The van der Waals surface area contributed by atoms with Crippen molar-refractivity contribution in [1.29, 1.82) is 0 Å². The van der Waals surface area contributed by atoms with Gasteiger partial charge < -0.3 is 10.0 Å². The summed E-state index contributed by atoms with van der Waals surface area (Å²) in [6.45, 7) is 4.24. The standard InChI is InChI=1S/C19H22N4OS/c1-12(2)13-5-10-17(24)16(11-13)18-20-21-19(25)23(18)15-8-6-14(7-9-15)22(3)4/h5-12,24H,1-4H3,(H,21,25). The molecule has 2 N–H and O–H groups in total. The summed E-state index contributed by atoms with van der Waals surface area (Å²) in [5, 5.41) is 17.6. The average molecular weight is 354 g/mol. The van der Waals surface area contributed by atoms with E-state index in [0.29, 0.717) is 22.1 Å². The monoisotopic (exact) mass is 354 g/mol. The minimum absolute atomic E-state index is 0.185. The highest BCUT2D eigenvalue weighted by molar-refractivity contribution is 7.71. The Balaban J connectivity index is 2.15. The van der Waals surface area contributed by atoms with Gasteiger partial charge in [0, 0.05) is 19.8 Å². The number of hydrogen-bond acceptors (Lipinski definition) is 4. The molecule has 0 fully saturated rings. The Morgan fingerprint density at radius 3 is 2.40 bits per heavy atom. The number of aromatic amines is 1. The number of nitrogens with one attached hydrogen (secondary N) is 1. The Hall–Kier alpha value is -2.60. The molecular weight excluding hydrogens is 332 g/mol. The summed E-state index contributed by atoms with van der Waals surface area (Å²) in [5.41, 5.74) is 3.80. The van der Waals surface area contributed by atoms with Gasteiger partial charge in [0.15, 0.2) is 10.6 Å². The zero-order valence-corrected chi connectivity index (χ0v) is 15.6. The van der Waals surface area contributed by atoms with Crippen LogP contribution in [0, 0.1) is 4.77 Å². The highest BCUT2D eigenvalue weighted by Crippen LogP contribution is 2.32. The van der Waals surface area contributed by atoms with Gasteiger partial charge in [0.25, 0.3) is 0 Å². The van der Waals surface area contributed by atoms with Crippen molar-refractivity contribution in [3.63, 3.8) is 0 Å². The zero-order chi connectivity index (χ0) is 18.1. The van der Waals surface area contributed by atoms with Crippen LogP contribution < -0.4 is 4.90 Å². The summed E-state index contributed by atoms with van der Waals surface area (Å²) in [6.07, 6.45) is 0. The molecule has 1 aromatic heterocycles. The van der Waals surface area contributed by atoms with Crippen molar-refractivity contribution >= 4 is 17.9 Å². The number of H-pyrrole nitrogens is 1. The van der Waals surface area contributed by atoms with Crippen LogP contribution in [0.1, 0.15) is 25.3 Å². The van der Waals surface area contributed by atoms with Crippen LogP contribution in [-0.2, 0) is 0 Å². The second kappa shape index (κ2) is 6.72. The SMILES string of the molecule is CC(C)c1ccc(O)c(-c2n[nH]c(=S)n2-c2ccc(N(C)C)cc2)c1. The predicted molar refractivity (Wildman–Crippen MR) is 104 cm³/mol. The summed E-state index contributed by atoms with van der Waals surface area (Å²) in [5.74, 6) is 1.14. The number of rotatable bonds is 4. The first-order chi connectivity index (χ1) is 11.9. The smallest absolute Gasteiger partial charge is 0.200 e. The maximum Gasteiger partial charge on any atom is 0.200 e. The molecular formula is C19H22N4OS. The lowest BCUT2D eigenvalue weighted by Crippen LogP contribution is -2.08. The van der Waals surface area contributed by atoms with E-state index in [1.807, 2.05) is 60.0 Å². The highest BCUT2D eigenvalue weighted by Gasteiger charge is 2.16. The van der Waals surface area contributed by atoms with Crippen LogP contribution in [0.15, 0.2) is 42.5 Å². The molecule has 3 rings (SSSR count). The number of phenols is 1. The Kier molecular flexibility index (Phi) is 4.63. The van der Waals surface area contributed by atoms with Gasteiger partial charge >= 0.3 is 0 Å². The molecule has 0 saturated carbocycles. The summed E-state index contributed by atoms with van der Waals surface area (Å²) in [7, 11) is 4.00. The Morgan fingerprint density at radius 1 is 1.12 bits per heavy atom. The predicted octanol–water partition coefficient (Wildman–Crippen LogP) is 4.49. The lowest BCUT2D eigenvalue weighted by molar-refractivity contribution is 0.476. The molecule has 25 heavy (non-hydrogen) atoms. The van der Waals surface area contributed by atoms with E-state index >= 15 is 0 Å². The second-order valence-electron chi connectivity index (χ2n) is 6.53. The summed E-state index contributed by atoms with van der Waals surface area (Å²) in [6, 6.07) is 13.6. The lowest BCUT2D eigenvalue weighted by Gasteiger charge is -2.14. The van der Waals surface area contributed by atoms with E-state index in [2.05, 4.69) is 24.0 Å². The van der Waals surface area contributed by atoms with Gasteiger partial charge in [-0.15, -0.1) is 0 Å². The van der Waals surface area contributed by atoms with Gasteiger partial charge in [-0.1, -0.05) is 19.9 Å². The first-order valence-electron chi connectivity index (χ1n) is 8.17. The van der Waals surface area contributed by atoms with Crippen molar-refractivity contribution in [3.8, 4) is 22.8 Å². The van der Waals surface area contributed by atoms with Gasteiger partial charge in [-0.05, 0) is 60.1 Å². The fourth-order valence-electron chi connectivity index (χ4n) is 2.71. The highest BCUT2D eigenvalue weighted by atomic mass is 32.1. The molecule has 0 aliphatic carbocycles. The van der Waals surface area contributed by atoms with Crippen molar-refractivity contribution in [2.24, 2.45) is 0 Å². The van der Waals surface area contributed by atoms with Crippen LogP contribution in [0.5, 0.6) is 5.75 Å². The number of phenolic OH excluding ortho intramolecular Hbond substituents is 1. The number of benzene rings is 2. The maximum atomic E-state index is 10.4. The van der Waals surface area contributed by atoms with E-state index in [0.717, 1.165) is 16.9 Å². The average Bonchev–Trinajstić information content (AvgIpc) is 2.96. The third-order valence-corrected chi connectivity index (χ3v) is 4.50. The molecule has 0 amide bonds. The molecule has 0 aliphatic heterocycles. The van der Waals surface area contributed by atoms with Gasteiger partial charge in [0.05, 0.1) is 11.3 Å². The normalized spacial score (nSPS) is 11.1. The van der Waals surface area contributed by atoms with E-state index in [-0.39, 0.29) is 5.75 Å². The minimum atomic E-state index is 0.185. The molecule has 0 spiro atoms. The van der Waals surface area contributed by atoms with Crippen molar-refractivity contribution in [3.05, 3.63) is 52.8 Å². The van der Waals surface area contributed by atoms with Crippen LogP contribution in [0.2, 0.25) is 0 Å². The molecule has 1 heterocycles. The van der Waals surface area contributed by atoms with Crippen molar-refractivity contribution in [2.45, 2.75) is 19.8 Å². The number of nitrogens with zero attached hydrogens (tertiary/aromatic N) is 3. The Morgan fingerprint density at radius 2 is 1.80 bits per heavy atom. The molecule has 0 atom stereocenters. The molecule has 0 bridgehead atoms. The minimum Gasteiger partial charge on any atom is -0.507 e. The molecule has 3 aromatic rings. The number of aromatic hydroxyl groups is 1. The number of anilines is 1.